The van der Waals surface area contributed by atoms with Gasteiger partial charge in [0.15, 0.2) is 0 Å². The molecule has 0 radical (unpaired) electrons. The molecule has 0 aliphatic heterocycles. The lowest BCUT2D eigenvalue weighted by Gasteiger charge is -1.86. The van der Waals surface area contributed by atoms with Gasteiger partial charge in [-0.25, -0.2) is 4.79 Å². The van der Waals surface area contributed by atoms with Crippen molar-refractivity contribution in [3.63, 3.8) is 0 Å². The van der Waals surface area contributed by atoms with Crippen LogP contribution in [0.1, 0.15) is 15.2 Å². The van der Waals surface area contributed by atoms with Crippen LogP contribution in [-0.2, 0) is 6.54 Å². The van der Waals surface area contributed by atoms with Gasteiger partial charge in [0.25, 0.3) is 0 Å². The standard InChI is InChI=1S/C6H8N2O2S/c7-2-3-1-4(6(9)10)5(8)11-3/h1H,2,7-8H2,(H,9,10). The van der Waals surface area contributed by atoms with Crippen LogP contribution >= 0.6 is 11.3 Å². The van der Waals surface area contributed by atoms with Gasteiger partial charge in [-0.2, -0.15) is 0 Å². The molecule has 4 nitrogen and oxygen atoms in total. The van der Waals surface area contributed by atoms with E-state index in [4.69, 9.17) is 16.6 Å². The number of carboxylic acids is 1. The van der Waals surface area contributed by atoms with Crippen molar-refractivity contribution in [3.8, 4) is 0 Å². The Morgan fingerprint density at radius 1 is 1.73 bits per heavy atom. The van der Waals surface area contributed by atoms with Gasteiger partial charge >= 0.3 is 5.97 Å². The molecular formula is C6H8N2O2S. The maximum atomic E-state index is 10.4. The molecule has 0 atom stereocenters. The van der Waals surface area contributed by atoms with Crippen molar-refractivity contribution in [3.05, 3.63) is 16.5 Å². The average molecular weight is 172 g/mol. The van der Waals surface area contributed by atoms with E-state index in [1.54, 1.807) is 0 Å². The lowest BCUT2D eigenvalue weighted by Crippen LogP contribution is -1.97. The highest BCUT2D eigenvalue weighted by molar-refractivity contribution is 7.16. The summed E-state index contributed by atoms with van der Waals surface area (Å²) in [5.41, 5.74) is 10.8. The summed E-state index contributed by atoms with van der Waals surface area (Å²) in [6.45, 7) is 0.335. The number of hydrogen-bond donors (Lipinski definition) is 3. The van der Waals surface area contributed by atoms with Crippen LogP contribution in [0.2, 0.25) is 0 Å². The van der Waals surface area contributed by atoms with Crippen molar-refractivity contribution in [2.24, 2.45) is 5.73 Å². The predicted molar refractivity (Wildman–Crippen MR) is 43.6 cm³/mol. The average Bonchev–Trinajstić information content (AvgIpc) is 2.30. The van der Waals surface area contributed by atoms with Crippen molar-refractivity contribution in [2.45, 2.75) is 6.54 Å². The third kappa shape index (κ3) is 1.50. The number of aromatic carboxylic acids is 1. The minimum atomic E-state index is -1.00. The van der Waals surface area contributed by atoms with Gasteiger partial charge in [0, 0.05) is 11.4 Å². The summed E-state index contributed by atoms with van der Waals surface area (Å²) in [6.07, 6.45) is 0. The molecule has 1 rings (SSSR count). The van der Waals surface area contributed by atoms with E-state index >= 15 is 0 Å². The highest BCUT2D eigenvalue weighted by Crippen LogP contribution is 2.24. The van der Waals surface area contributed by atoms with Gasteiger partial charge in [0.05, 0.1) is 5.56 Å². The third-order valence-corrected chi connectivity index (χ3v) is 2.23. The number of rotatable bonds is 2. The molecule has 5 N–H and O–H groups in total. The Bertz CT molecular complexity index is 282. The maximum Gasteiger partial charge on any atom is 0.338 e. The normalized spacial score (nSPS) is 9.91. The molecule has 0 aliphatic carbocycles. The molecule has 0 bridgehead atoms. The van der Waals surface area contributed by atoms with Gasteiger partial charge in [0.2, 0.25) is 0 Å². The van der Waals surface area contributed by atoms with Gasteiger partial charge in [-0.05, 0) is 6.07 Å². The predicted octanol–water partition coefficient (Wildman–Crippen LogP) is 0.487. The minimum Gasteiger partial charge on any atom is -0.478 e. The third-order valence-electron chi connectivity index (χ3n) is 1.24. The van der Waals surface area contributed by atoms with Crippen molar-refractivity contribution >= 4 is 22.3 Å². The molecule has 11 heavy (non-hydrogen) atoms. The Kier molecular flexibility index (Phi) is 2.11. The molecule has 5 heteroatoms. The lowest BCUT2D eigenvalue weighted by molar-refractivity contribution is 0.0698. The second-order valence-electron chi connectivity index (χ2n) is 2.00. The summed E-state index contributed by atoms with van der Waals surface area (Å²) < 4.78 is 0. The van der Waals surface area contributed by atoms with Crippen LogP contribution in [0.4, 0.5) is 5.00 Å². The zero-order chi connectivity index (χ0) is 8.43. The Labute approximate surface area is 67.4 Å². The molecule has 0 spiro atoms. The van der Waals surface area contributed by atoms with Crippen LogP contribution < -0.4 is 11.5 Å². The van der Waals surface area contributed by atoms with Crippen molar-refractivity contribution in [1.29, 1.82) is 0 Å². The molecule has 0 saturated heterocycles. The maximum absolute atomic E-state index is 10.4. The summed E-state index contributed by atoms with van der Waals surface area (Å²) >= 11 is 1.21. The fourth-order valence-electron chi connectivity index (χ4n) is 0.726. The number of thiophene rings is 1. The zero-order valence-electron chi connectivity index (χ0n) is 5.70. The fourth-order valence-corrected chi connectivity index (χ4v) is 1.52. The van der Waals surface area contributed by atoms with Crippen LogP contribution in [0.3, 0.4) is 0 Å². The van der Waals surface area contributed by atoms with Gasteiger partial charge in [-0.3, -0.25) is 0 Å². The molecule has 0 amide bonds. The Hall–Kier alpha value is -1.07. The number of nitrogens with two attached hydrogens (primary N) is 2. The number of hydrogen-bond acceptors (Lipinski definition) is 4. The van der Waals surface area contributed by atoms with Gasteiger partial charge in [-0.1, -0.05) is 0 Å². The van der Waals surface area contributed by atoms with E-state index in [9.17, 15) is 4.79 Å². The first kappa shape index (κ1) is 8.03. The Morgan fingerprint density at radius 2 is 2.36 bits per heavy atom. The Morgan fingerprint density at radius 3 is 2.64 bits per heavy atom. The monoisotopic (exact) mass is 172 g/mol. The van der Waals surface area contributed by atoms with E-state index in [1.807, 2.05) is 0 Å². The van der Waals surface area contributed by atoms with E-state index < -0.39 is 5.97 Å². The van der Waals surface area contributed by atoms with Gasteiger partial charge in [0.1, 0.15) is 5.00 Å². The van der Waals surface area contributed by atoms with E-state index in [0.717, 1.165) is 4.88 Å². The summed E-state index contributed by atoms with van der Waals surface area (Å²) in [4.78, 5) is 11.2. The smallest absolute Gasteiger partial charge is 0.338 e. The lowest BCUT2D eigenvalue weighted by atomic mass is 10.3. The molecular weight excluding hydrogens is 164 g/mol. The number of nitrogen functional groups attached to an aromatic ring is 1. The number of anilines is 1. The first-order valence-electron chi connectivity index (χ1n) is 2.96. The second-order valence-corrected chi connectivity index (χ2v) is 3.17. The van der Waals surface area contributed by atoms with Gasteiger partial charge < -0.3 is 16.6 Å². The fraction of sp³-hybridized carbons (Fsp3) is 0.167. The molecule has 0 saturated carbocycles. The molecule has 0 unspecified atom stereocenters. The van der Waals surface area contributed by atoms with E-state index in [0.29, 0.717) is 11.5 Å². The summed E-state index contributed by atoms with van der Waals surface area (Å²) in [6, 6.07) is 1.50. The zero-order valence-corrected chi connectivity index (χ0v) is 6.52. The van der Waals surface area contributed by atoms with Crippen LogP contribution in [0.25, 0.3) is 0 Å². The largest absolute Gasteiger partial charge is 0.478 e. The van der Waals surface area contributed by atoms with Crippen LogP contribution in [-0.4, -0.2) is 11.1 Å². The van der Waals surface area contributed by atoms with Crippen molar-refractivity contribution < 1.29 is 9.90 Å². The Balaban J connectivity index is 3.07. The summed E-state index contributed by atoms with van der Waals surface area (Å²) in [7, 11) is 0. The van der Waals surface area contributed by atoms with E-state index in [2.05, 4.69) is 0 Å². The quantitative estimate of drug-likeness (QED) is 0.605. The molecule has 1 aromatic heterocycles. The molecule has 0 aromatic carbocycles. The van der Waals surface area contributed by atoms with Crippen LogP contribution in [0.15, 0.2) is 6.07 Å². The minimum absolute atomic E-state index is 0.149. The van der Waals surface area contributed by atoms with Crippen LogP contribution in [0, 0.1) is 0 Å². The van der Waals surface area contributed by atoms with Crippen LogP contribution in [0.5, 0.6) is 0 Å². The van der Waals surface area contributed by atoms with Crippen molar-refractivity contribution in [1.82, 2.24) is 0 Å². The first-order valence-corrected chi connectivity index (χ1v) is 3.78. The SMILES string of the molecule is NCc1cc(C(=O)O)c(N)s1. The second kappa shape index (κ2) is 2.89. The van der Waals surface area contributed by atoms with E-state index in [-0.39, 0.29) is 5.56 Å². The highest BCUT2D eigenvalue weighted by Gasteiger charge is 2.11. The topological polar surface area (TPSA) is 89.3 Å². The molecule has 0 fully saturated rings. The first-order chi connectivity index (χ1) is 5.15. The molecule has 0 aliphatic rings. The summed E-state index contributed by atoms with van der Waals surface area (Å²) in [5.74, 6) is -1.00. The summed E-state index contributed by atoms with van der Waals surface area (Å²) in [5, 5.41) is 8.88. The van der Waals surface area contributed by atoms with E-state index in [1.165, 1.54) is 17.4 Å². The number of carbonyl (C=O) groups is 1. The molecule has 60 valence electrons. The van der Waals surface area contributed by atoms with Crippen molar-refractivity contribution in [2.75, 3.05) is 5.73 Å². The highest BCUT2D eigenvalue weighted by atomic mass is 32.1. The number of carboxylic acid groups (broad SMARTS) is 1. The molecule has 1 aromatic rings. The molecule has 1 heterocycles. The van der Waals surface area contributed by atoms with Gasteiger partial charge in [-0.15, -0.1) is 11.3 Å².